The fourth-order valence-corrected chi connectivity index (χ4v) is 5.33. The van der Waals surface area contributed by atoms with E-state index in [1.165, 1.54) is 18.2 Å². The fraction of sp³-hybridized carbons (Fsp3) is 0.273. The molecule has 1 amide bonds. The van der Waals surface area contributed by atoms with E-state index in [0.29, 0.717) is 22.5 Å². The number of carboxylic acids is 1. The fourth-order valence-electron chi connectivity index (χ4n) is 5.33. The second-order valence-electron chi connectivity index (χ2n) is 10.9. The van der Waals surface area contributed by atoms with Crippen LogP contribution in [0.4, 0.5) is 14.5 Å². The summed E-state index contributed by atoms with van der Waals surface area (Å²) in [6.45, 7) is 3.76. The Hall–Kier alpha value is -3.48. The van der Waals surface area contributed by atoms with Gasteiger partial charge in [-0.1, -0.05) is 44.2 Å². The number of aromatic nitrogens is 1. The van der Waals surface area contributed by atoms with Gasteiger partial charge in [0.05, 0.1) is 35.6 Å². The number of anilines is 1. The molecule has 2 atom stereocenters. The Balaban J connectivity index is 0.00000552. The van der Waals surface area contributed by atoms with E-state index in [1.807, 2.05) is 13.8 Å². The minimum absolute atomic E-state index is 0. The number of phenolic OH excluding ortho intramolecular Hbond substituents is 2. The molecule has 9 nitrogen and oxygen atoms in total. The number of rotatable bonds is 12. The average molecular weight is 651 g/mol. The summed E-state index contributed by atoms with van der Waals surface area (Å²) in [5.41, 5.74) is 2.35. The van der Waals surface area contributed by atoms with Crippen LogP contribution in [0.15, 0.2) is 66.7 Å². The van der Waals surface area contributed by atoms with Crippen LogP contribution in [0.5, 0.6) is 11.5 Å². The van der Waals surface area contributed by atoms with Crippen molar-refractivity contribution in [1.82, 2.24) is 4.57 Å². The van der Waals surface area contributed by atoms with Gasteiger partial charge in [0.2, 0.25) is 0 Å². The molecule has 1 heterocycles. The number of benzene rings is 3. The number of amides is 1. The van der Waals surface area contributed by atoms with Crippen LogP contribution >= 0.6 is 0 Å². The average Bonchev–Trinajstić information content (AvgIpc) is 3.30. The number of hydrogen-bond donors (Lipinski definition) is 6. The van der Waals surface area contributed by atoms with Crippen LogP contribution in [0.3, 0.4) is 0 Å². The molecule has 0 radical (unpaired) electrons. The number of aliphatic hydroxyl groups is 2. The molecule has 0 aliphatic heterocycles. The van der Waals surface area contributed by atoms with E-state index in [-0.39, 0.29) is 91.4 Å². The summed E-state index contributed by atoms with van der Waals surface area (Å²) < 4.78 is 30.5. The quantitative estimate of drug-likeness (QED) is 0.0721. The van der Waals surface area contributed by atoms with Crippen molar-refractivity contribution in [2.75, 3.05) is 5.32 Å². The molecular weight excluding hydrogens is 614 g/mol. The second kappa shape index (κ2) is 15.7. The van der Waals surface area contributed by atoms with Crippen LogP contribution in [0.1, 0.15) is 55.1 Å². The van der Waals surface area contributed by atoms with Crippen LogP contribution in [-0.2, 0) is 11.3 Å². The van der Waals surface area contributed by atoms with Crippen molar-refractivity contribution in [2.45, 2.75) is 57.8 Å². The SMILES string of the molecule is CC(C)c1c(C(=O)Nc2ccc(O)cc2O)c(-c2ccccc2)c(-c2ccc(F)c(F)c2)n1CCC(O)CC(O)CC(=O)O.[CaH2]. The number of phenols is 2. The van der Waals surface area contributed by atoms with Crippen LogP contribution in [0.25, 0.3) is 22.4 Å². The van der Waals surface area contributed by atoms with Crippen LogP contribution < -0.4 is 5.32 Å². The molecular formula is C33H36CaF2N2O7. The van der Waals surface area contributed by atoms with Crippen molar-refractivity contribution in [2.24, 2.45) is 0 Å². The third kappa shape index (κ3) is 8.62. The molecule has 0 saturated carbocycles. The van der Waals surface area contributed by atoms with Crippen LogP contribution in [0, 0.1) is 11.6 Å². The summed E-state index contributed by atoms with van der Waals surface area (Å²) in [5, 5.41) is 52.5. The Morgan fingerprint density at radius 3 is 2.18 bits per heavy atom. The molecule has 2 unspecified atom stereocenters. The normalized spacial score (nSPS) is 12.4. The Kier molecular flexibility index (Phi) is 12.5. The first-order valence-corrected chi connectivity index (χ1v) is 14.1. The molecule has 4 rings (SSSR count). The molecule has 0 bridgehead atoms. The van der Waals surface area contributed by atoms with Crippen molar-refractivity contribution >= 4 is 55.3 Å². The van der Waals surface area contributed by atoms with Crippen molar-refractivity contribution in [3.05, 3.63) is 89.6 Å². The number of aromatic hydroxyl groups is 2. The van der Waals surface area contributed by atoms with Crippen LogP contribution in [0.2, 0.25) is 0 Å². The Bertz CT molecular complexity index is 1660. The number of carboxylic acid groups (broad SMARTS) is 1. The van der Waals surface area contributed by atoms with Crippen molar-refractivity contribution < 1.29 is 43.9 Å². The van der Waals surface area contributed by atoms with Gasteiger partial charge in [-0.25, -0.2) is 8.78 Å². The van der Waals surface area contributed by atoms with E-state index in [4.69, 9.17) is 5.11 Å². The molecule has 6 N–H and O–H groups in total. The van der Waals surface area contributed by atoms with Crippen molar-refractivity contribution in [3.63, 3.8) is 0 Å². The second-order valence-corrected chi connectivity index (χ2v) is 10.9. The molecule has 45 heavy (non-hydrogen) atoms. The topological polar surface area (TPSA) is 152 Å². The van der Waals surface area contributed by atoms with Gasteiger partial charge < -0.3 is 35.4 Å². The zero-order chi connectivity index (χ0) is 32.1. The van der Waals surface area contributed by atoms with Gasteiger partial charge in [0, 0.05) is 29.4 Å². The first-order chi connectivity index (χ1) is 20.9. The van der Waals surface area contributed by atoms with Gasteiger partial charge in [0.25, 0.3) is 5.91 Å². The molecule has 0 saturated heterocycles. The summed E-state index contributed by atoms with van der Waals surface area (Å²) in [5.74, 6) is -4.87. The molecule has 4 aromatic rings. The molecule has 0 aliphatic rings. The van der Waals surface area contributed by atoms with Crippen molar-refractivity contribution in [1.29, 1.82) is 0 Å². The minimum atomic E-state index is -1.28. The standard InChI is InChI=1S/C33H34F2N2O7.Ca.2H/c1-18(2)31-30(33(44)36-26-11-9-21(38)16-27(26)41)29(19-6-4-3-5-7-19)32(20-8-10-24(34)25(35)14-20)37(31)13-12-22(39)15-23(40)17-28(42)43;;;/h3-11,14,16,18,22-23,38-41H,12-13,15,17H2,1-2H3,(H,36,44)(H,42,43);;;. The Morgan fingerprint density at radius 2 is 1.58 bits per heavy atom. The molecule has 0 aliphatic carbocycles. The number of carbonyl (C=O) groups excluding carboxylic acids is 1. The summed E-state index contributed by atoms with van der Waals surface area (Å²) >= 11 is 0. The Labute approximate surface area is 288 Å². The third-order valence-electron chi connectivity index (χ3n) is 7.20. The maximum atomic E-state index is 14.7. The van der Waals surface area contributed by atoms with Gasteiger partial charge in [-0.3, -0.25) is 9.59 Å². The number of aliphatic hydroxyl groups excluding tert-OH is 2. The molecule has 12 heteroatoms. The van der Waals surface area contributed by atoms with E-state index < -0.39 is 42.1 Å². The molecule has 1 aromatic heterocycles. The number of nitrogens with zero attached hydrogens (tertiary/aromatic N) is 1. The summed E-state index contributed by atoms with van der Waals surface area (Å²) in [4.78, 5) is 25.1. The van der Waals surface area contributed by atoms with Gasteiger partial charge in [-0.2, -0.15) is 0 Å². The molecule has 236 valence electrons. The monoisotopic (exact) mass is 650 g/mol. The predicted octanol–water partition coefficient (Wildman–Crippen LogP) is 4.95. The number of carbonyl (C=O) groups is 2. The molecule has 0 spiro atoms. The number of nitrogens with one attached hydrogen (secondary N) is 1. The van der Waals surface area contributed by atoms with E-state index in [0.717, 1.165) is 18.2 Å². The van der Waals surface area contributed by atoms with Gasteiger partial charge in [-0.15, -0.1) is 0 Å². The zero-order valence-corrected chi connectivity index (χ0v) is 24.2. The Morgan fingerprint density at radius 1 is 0.889 bits per heavy atom. The molecule has 3 aromatic carbocycles. The summed E-state index contributed by atoms with van der Waals surface area (Å²) in [6.07, 6.45) is -3.10. The van der Waals surface area contributed by atoms with E-state index in [9.17, 15) is 38.8 Å². The first kappa shape index (κ1) is 36.0. The van der Waals surface area contributed by atoms with E-state index >= 15 is 0 Å². The van der Waals surface area contributed by atoms with Crippen molar-refractivity contribution in [3.8, 4) is 33.9 Å². The van der Waals surface area contributed by atoms with Gasteiger partial charge >= 0.3 is 43.7 Å². The number of halogens is 2. The van der Waals surface area contributed by atoms with Gasteiger partial charge in [0.15, 0.2) is 11.6 Å². The van der Waals surface area contributed by atoms with Gasteiger partial charge in [-0.05, 0) is 54.7 Å². The van der Waals surface area contributed by atoms with E-state index in [1.54, 1.807) is 34.9 Å². The summed E-state index contributed by atoms with van der Waals surface area (Å²) in [6, 6.07) is 16.0. The predicted molar refractivity (Wildman–Crippen MR) is 169 cm³/mol. The first-order valence-electron chi connectivity index (χ1n) is 14.1. The van der Waals surface area contributed by atoms with E-state index in [2.05, 4.69) is 5.32 Å². The third-order valence-corrected chi connectivity index (χ3v) is 7.20. The summed E-state index contributed by atoms with van der Waals surface area (Å²) in [7, 11) is 0. The van der Waals surface area contributed by atoms with Crippen LogP contribution in [-0.4, -0.2) is 91.9 Å². The maximum absolute atomic E-state index is 14.7. The zero-order valence-electron chi connectivity index (χ0n) is 24.2. The van der Waals surface area contributed by atoms with Gasteiger partial charge in [0.1, 0.15) is 11.5 Å². The molecule has 0 fully saturated rings. The number of hydrogen-bond acceptors (Lipinski definition) is 6. The number of aliphatic carboxylic acids is 1.